The first-order valence-corrected chi connectivity index (χ1v) is 12.0. The number of likely N-dealkylation sites (N-methyl/N-ethyl adjacent to an activating group) is 1. The maximum Gasteiger partial charge on any atom is 0.247 e. The van der Waals surface area contributed by atoms with Gasteiger partial charge in [0.2, 0.25) is 17.8 Å². The number of nitriles is 1. The number of aromatic nitrogens is 2. The summed E-state index contributed by atoms with van der Waals surface area (Å²) in [4.78, 5) is 38.8. The molecule has 0 aliphatic carbocycles. The van der Waals surface area contributed by atoms with Crippen molar-refractivity contribution in [2.75, 3.05) is 66.7 Å². The fourth-order valence-electron chi connectivity index (χ4n) is 4.22. The zero-order valence-corrected chi connectivity index (χ0v) is 20.6. The van der Waals surface area contributed by atoms with Gasteiger partial charge in [-0.3, -0.25) is 9.59 Å². The van der Waals surface area contributed by atoms with Gasteiger partial charge >= 0.3 is 0 Å². The van der Waals surface area contributed by atoms with E-state index in [0.717, 1.165) is 38.4 Å². The van der Waals surface area contributed by atoms with Crippen molar-refractivity contribution in [2.45, 2.75) is 19.9 Å². The number of anilines is 5. The lowest BCUT2D eigenvalue weighted by atomic mass is 10.1. The van der Waals surface area contributed by atoms with Crippen molar-refractivity contribution in [3.63, 3.8) is 0 Å². The Bertz CT molecular complexity index is 1180. The summed E-state index contributed by atoms with van der Waals surface area (Å²) in [5.74, 6) is 0.362. The topological polar surface area (TPSA) is 130 Å². The van der Waals surface area contributed by atoms with Gasteiger partial charge in [-0.05, 0) is 30.8 Å². The van der Waals surface area contributed by atoms with Gasteiger partial charge < -0.3 is 30.7 Å². The molecule has 188 valence electrons. The van der Waals surface area contributed by atoms with Gasteiger partial charge in [-0.25, -0.2) is 4.98 Å². The van der Waals surface area contributed by atoms with Crippen LogP contribution in [-0.4, -0.2) is 83.4 Å². The minimum Gasteiger partial charge on any atom is -0.369 e. The molecule has 36 heavy (non-hydrogen) atoms. The Morgan fingerprint density at radius 2 is 1.97 bits per heavy atom. The van der Waals surface area contributed by atoms with Crippen LogP contribution in [0, 0.1) is 11.3 Å². The number of likely N-dealkylation sites (tertiary alicyclic amines) is 1. The quantitative estimate of drug-likeness (QED) is 0.477. The summed E-state index contributed by atoms with van der Waals surface area (Å²) in [6.45, 7) is 13.2. The van der Waals surface area contributed by atoms with Gasteiger partial charge in [0.05, 0.1) is 23.6 Å². The highest BCUT2D eigenvalue weighted by molar-refractivity contribution is 6.02. The van der Waals surface area contributed by atoms with Crippen molar-refractivity contribution < 1.29 is 9.59 Å². The molecule has 3 N–H and O–H groups in total. The minimum absolute atomic E-state index is 0.0126. The Labute approximate surface area is 210 Å². The number of piperazine rings is 1. The van der Waals surface area contributed by atoms with E-state index in [9.17, 15) is 14.9 Å². The lowest BCUT2D eigenvalue weighted by molar-refractivity contribution is -0.132. The standard InChI is InChI=1S/C25H31N9O2/c1-4-23(36)29-22-12-20(33-10-8-32(5-2)9-11-33)6-7-21(22)30-25-27-14-18(13-26)24(31-25)28-19-15-34(16-19)17(3)35/h4,6-7,12,14,19H,1,5,8-11,15-16H2,2-3H3,(H,29,36)(H2,27,28,30,31). The Kier molecular flexibility index (Phi) is 7.65. The number of rotatable bonds is 8. The highest BCUT2D eigenvalue weighted by Gasteiger charge is 2.29. The molecule has 2 aliphatic heterocycles. The van der Waals surface area contributed by atoms with Crippen LogP contribution in [0.25, 0.3) is 0 Å². The maximum absolute atomic E-state index is 12.1. The van der Waals surface area contributed by atoms with Crippen LogP contribution >= 0.6 is 0 Å². The Balaban J connectivity index is 1.54. The molecule has 2 aliphatic rings. The third-order valence-corrected chi connectivity index (χ3v) is 6.45. The van der Waals surface area contributed by atoms with E-state index < -0.39 is 0 Å². The van der Waals surface area contributed by atoms with Crippen molar-refractivity contribution in [2.24, 2.45) is 0 Å². The summed E-state index contributed by atoms with van der Waals surface area (Å²) in [6, 6.07) is 7.92. The molecule has 0 unspecified atom stereocenters. The summed E-state index contributed by atoms with van der Waals surface area (Å²) in [5.41, 5.74) is 2.51. The van der Waals surface area contributed by atoms with Crippen LogP contribution in [0.2, 0.25) is 0 Å². The third-order valence-electron chi connectivity index (χ3n) is 6.45. The molecule has 0 bridgehead atoms. The molecule has 0 saturated carbocycles. The Hall–Kier alpha value is -4.17. The van der Waals surface area contributed by atoms with Crippen molar-refractivity contribution in [1.29, 1.82) is 5.26 Å². The van der Waals surface area contributed by atoms with E-state index in [0.29, 0.717) is 35.8 Å². The van der Waals surface area contributed by atoms with Gasteiger partial charge in [-0.15, -0.1) is 0 Å². The largest absolute Gasteiger partial charge is 0.369 e. The monoisotopic (exact) mass is 489 g/mol. The number of amides is 2. The first-order valence-electron chi connectivity index (χ1n) is 12.0. The van der Waals surface area contributed by atoms with E-state index in [1.807, 2.05) is 18.2 Å². The number of nitrogens with one attached hydrogen (secondary N) is 3. The molecule has 0 atom stereocenters. The average Bonchev–Trinajstić information content (AvgIpc) is 2.86. The van der Waals surface area contributed by atoms with Crippen molar-refractivity contribution >= 4 is 40.6 Å². The van der Waals surface area contributed by atoms with Gasteiger partial charge in [-0.2, -0.15) is 10.2 Å². The highest BCUT2D eigenvalue weighted by Crippen LogP contribution is 2.31. The molecule has 4 rings (SSSR count). The van der Waals surface area contributed by atoms with Gasteiger partial charge in [0.15, 0.2) is 0 Å². The summed E-state index contributed by atoms with van der Waals surface area (Å²) in [5, 5.41) is 18.7. The zero-order valence-electron chi connectivity index (χ0n) is 20.6. The Morgan fingerprint density at radius 3 is 2.61 bits per heavy atom. The van der Waals surface area contributed by atoms with E-state index in [4.69, 9.17) is 0 Å². The summed E-state index contributed by atoms with van der Waals surface area (Å²) >= 11 is 0. The molecule has 2 amide bonds. The second-order valence-corrected chi connectivity index (χ2v) is 8.80. The van der Waals surface area contributed by atoms with Gasteiger partial charge in [0.1, 0.15) is 17.5 Å². The lowest BCUT2D eigenvalue weighted by Gasteiger charge is -2.39. The van der Waals surface area contributed by atoms with E-state index >= 15 is 0 Å². The smallest absolute Gasteiger partial charge is 0.247 e. The molecule has 2 fully saturated rings. The minimum atomic E-state index is -0.325. The molecular formula is C25H31N9O2. The molecule has 2 saturated heterocycles. The molecule has 11 heteroatoms. The van der Waals surface area contributed by atoms with E-state index in [2.05, 4.69) is 55.3 Å². The van der Waals surface area contributed by atoms with Crippen molar-refractivity contribution in [1.82, 2.24) is 19.8 Å². The normalized spacial score (nSPS) is 16.0. The second-order valence-electron chi connectivity index (χ2n) is 8.80. The molecule has 2 aromatic rings. The van der Waals surface area contributed by atoms with Crippen LogP contribution < -0.4 is 20.9 Å². The van der Waals surface area contributed by atoms with E-state index in [1.165, 1.54) is 19.2 Å². The first kappa shape index (κ1) is 24.9. The predicted octanol–water partition coefficient (Wildman–Crippen LogP) is 2.00. The lowest BCUT2D eigenvalue weighted by Crippen LogP contribution is -2.56. The number of benzene rings is 1. The van der Waals surface area contributed by atoms with Crippen LogP contribution in [0.1, 0.15) is 19.4 Å². The highest BCUT2D eigenvalue weighted by atomic mass is 16.2. The summed E-state index contributed by atoms with van der Waals surface area (Å²) in [6.07, 6.45) is 2.67. The molecule has 1 aromatic carbocycles. The SMILES string of the molecule is C=CC(=O)Nc1cc(N2CCN(CC)CC2)ccc1Nc1ncc(C#N)c(NC2CN(C(C)=O)C2)n1. The van der Waals surface area contributed by atoms with E-state index in [-0.39, 0.29) is 23.8 Å². The predicted molar refractivity (Wildman–Crippen MR) is 139 cm³/mol. The summed E-state index contributed by atoms with van der Waals surface area (Å²) in [7, 11) is 0. The third kappa shape index (κ3) is 5.72. The van der Waals surface area contributed by atoms with Crippen molar-refractivity contribution in [3.05, 3.63) is 42.6 Å². The number of hydrogen-bond acceptors (Lipinski definition) is 9. The van der Waals surface area contributed by atoms with Gasteiger partial charge in [0, 0.05) is 51.9 Å². The first-order chi connectivity index (χ1) is 17.4. The molecule has 1 aromatic heterocycles. The van der Waals surface area contributed by atoms with Crippen LogP contribution in [0.5, 0.6) is 0 Å². The van der Waals surface area contributed by atoms with Gasteiger partial charge in [-0.1, -0.05) is 13.5 Å². The van der Waals surface area contributed by atoms with Crippen LogP contribution in [0.4, 0.5) is 28.8 Å². The fourth-order valence-corrected chi connectivity index (χ4v) is 4.22. The number of nitrogens with zero attached hydrogens (tertiary/aromatic N) is 6. The number of hydrogen-bond donors (Lipinski definition) is 3. The molecule has 3 heterocycles. The summed E-state index contributed by atoms with van der Waals surface area (Å²) < 4.78 is 0. The average molecular weight is 490 g/mol. The maximum atomic E-state index is 12.1. The van der Waals surface area contributed by atoms with Crippen molar-refractivity contribution in [3.8, 4) is 6.07 Å². The number of carbonyl (C=O) groups excluding carboxylic acids is 2. The Morgan fingerprint density at radius 1 is 1.22 bits per heavy atom. The molecule has 0 spiro atoms. The van der Waals surface area contributed by atoms with Crippen LogP contribution in [0.15, 0.2) is 37.1 Å². The number of carbonyl (C=O) groups is 2. The second kappa shape index (κ2) is 11.0. The fraction of sp³-hybridized carbons (Fsp3) is 0.400. The molecule has 11 nitrogen and oxygen atoms in total. The molecular weight excluding hydrogens is 458 g/mol. The molecule has 0 radical (unpaired) electrons. The van der Waals surface area contributed by atoms with E-state index in [1.54, 1.807) is 4.90 Å². The van der Waals surface area contributed by atoms with Crippen LogP contribution in [0.3, 0.4) is 0 Å². The zero-order chi connectivity index (χ0) is 25.7. The van der Waals surface area contributed by atoms with Crippen LogP contribution in [-0.2, 0) is 9.59 Å². The van der Waals surface area contributed by atoms with Gasteiger partial charge in [0.25, 0.3) is 0 Å².